The van der Waals surface area contributed by atoms with Crippen LogP contribution in [-0.4, -0.2) is 33.0 Å². The van der Waals surface area contributed by atoms with Crippen molar-refractivity contribution < 1.29 is 18.0 Å². The van der Waals surface area contributed by atoms with Crippen molar-refractivity contribution in [2.24, 2.45) is 0 Å². The van der Waals surface area contributed by atoms with Gasteiger partial charge in [0.2, 0.25) is 5.91 Å². The first kappa shape index (κ1) is 23.2. The number of hydrogen-bond acceptors (Lipinski definition) is 5. The highest BCUT2D eigenvalue weighted by molar-refractivity contribution is 7.99. The Morgan fingerprint density at radius 3 is 2.74 bits per heavy atom. The average Bonchev–Trinajstić information content (AvgIpc) is 3.18. The van der Waals surface area contributed by atoms with Gasteiger partial charge in [0, 0.05) is 18.3 Å². The number of nitrogens with zero attached hydrogens (tertiary/aromatic N) is 3. The molecule has 0 saturated heterocycles. The number of benzene rings is 1. The molecular formula is C21H26F3N5OS. The lowest BCUT2D eigenvalue weighted by Crippen LogP contribution is -2.25. The first-order valence-corrected chi connectivity index (χ1v) is 11.2. The topological polar surface area (TPSA) is 71.8 Å². The molecule has 6 nitrogen and oxygen atoms in total. The quantitative estimate of drug-likeness (QED) is 0.421. The molecule has 1 aromatic heterocycles. The van der Waals surface area contributed by atoms with Crippen LogP contribution in [-0.2, 0) is 17.5 Å². The van der Waals surface area contributed by atoms with Gasteiger partial charge in [-0.25, -0.2) is 0 Å². The second-order valence-electron chi connectivity index (χ2n) is 7.37. The number of nitrogens with one attached hydrogen (secondary N) is 2. The number of rotatable bonds is 9. The molecule has 1 amide bonds. The molecule has 1 saturated carbocycles. The second kappa shape index (κ2) is 10.7. The van der Waals surface area contributed by atoms with Gasteiger partial charge in [-0.3, -0.25) is 4.79 Å². The summed E-state index contributed by atoms with van der Waals surface area (Å²) >= 11 is 1.31. The molecule has 1 heterocycles. The Labute approximate surface area is 183 Å². The minimum atomic E-state index is -4.39. The minimum Gasteiger partial charge on any atom is -0.378 e. The van der Waals surface area contributed by atoms with Crippen LogP contribution in [0.15, 0.2) is 42.1 Å². The monoisotopic (exact) mass is 453 g/mol. The fourth-order valence-corrected chi connectivity index (χ4v) is 4.44. The van der Waals surface area contributed by atoms with Crippen LogP contribution in [0.4, 0.5) is 18.9 Å². The van der Waals surface area contributed by atoms with Crippen LogP contribution in [0.3, 0.4) is 0 Å². The lowest BCUT2D eigenvalue weighted by Gasteiger charge is -2.25. The standard InChI is InChI=1S/C21H26F3N5OS/c1-2-11-25-19(30)14-31-20-28-27-18(29(20)17-9-4-3-5-10-17)13-26-16-8-6-7-15(12-16)21(22,23)24/h2,6-8,12,17,26H,1,3-5,9-11,13-14H2,(H,25,30). The average molecular weight is 454 g/mol. The third kappa shape index (κ3) is 6.49. The minimum absolute atomic E-state index is 0.119. The first-order valence-electron chi connectivity index (χ1n) is 10.2. The molecule has 1 fully saturated rings. The maximum absolute atomic E-state index is 13.0. The maximum atomic E-state index is 13.0. The molecule has 0 spiro atoms. The Morgan fingerprint density at radius 2 is 2.03 bits per heavy atom. The SMILES string of the molecule is C=CCNC(=O)CSc1nnc(CNc2cccc(C(F)(F)F)c2)n1C1CCCCC1. The largest absolute Gasteiger partial charge is 0.416 e. The highest BCUT2D eigenvalue weighted by atomic mass is 32.2. The Balaban J connectivity index is 1.74. The van der Waals surface area contributed by atoms with E-state index in [0.29, 0.717) is 23.2 Å². The smallest absolute Gasteiger partial charge is 0.378 e. The van der Waals surface area contributed by atoms with E-state index in [1.807, 2.05) is 4.57 Å². The molecule has 10 heteroatoms. The summed E-state index contributed by atoms with van der Waals surface area (Å²) in [6, 6.07) is 5.32. The molecule has 0 aliphatic heterocycles. The third-order valence-corrected chi connectivity index (χ3v) is 6.03. The molecule has 0 radical (unpaired) electrons. The van der Waals surface area contributed by atoms with E-state index in [1.54, 1.807) is 12.1 Å². The number of halogens is 3. The molecule has 0 atom stereocenters. The van der Waals surface area contributed by atoms with Crippen molar-refractivity contribution >= 4 is 23.4 Å². The molecule has 3 rings (SSSR count). The van der Waals surface area contributed by atoms with E-state index in [0.717, 1.165) is 37.8 Å². The number of carbonyl (C=O) groups excluding carboxylic acids is 1. The van der Waals surface area contributed by atoms with Crippen molar-refractivity contribution in [3.63, 3.8) is 0 Å². The van der Waals surface area contributed by atoms with Crippen LogP contribution in [0.5, 0.6) is 0 Å². The van der Waals surface area contributed by atoms with Gasteiger partial charge in [0.25, 0.3) is 0 Å². The normalized spacial score (nSPS) is 14.9. The zero-order valence-electron chi connectivity index (χ0n) is 17.1. The van der Waals surface area contributed by atoms with Gasteiger partial charge in [0.1, 0.15) is 0 Å². The number of hydrogen-bond donors (Lipinski definition) is 2. The van der Waals surface area contributed by atoms with Gasteiger partial charge in [-0.2, -0.15) is 13.2 Å². The van der Waals surface area contributed by atoms with Crippen molar-refractivity contribution in [1.82, 2.24) is 20.1 Å². The van der Waals surface area contributed by atoms with Crippen LogP contribution in [0.2, 0.25) is 0 Å². The van der Waals surface area contributed by atoms with Gasteiger partial charge in [-0.05, 0) is 31.0 Å². The van der Waals surface area contributed by atoms with Crippen LogP contribution in [0.1, 0.15) is 49.5 Å². The van der Waals surface area contributed by atoms with E-state index < -0.39 is 11.7 Å². The summed E-state index contributed by atoms with van der Waals surface area (Å²) in [4.78, 5) is 12.0. The van der Waals surface area contributed by atoms with Gasteiger partial charge in [-0.15, -0.1) is 16.8 Å². The lowest BCUT2D eigenvalue weighted by atomic mass is 9.95. The van der Waals surface area contributed by atoms with Crippen LogP contribution in [0, 0.1) is 0 Å². The number of amides is 1. The Bertz CT molecular complexity index is 893. The summed E-state index contributed by atoms with van der Waals surface area (Å²) in [5.41, 5.74) is -0.334. The molecule has 0 unspecified atom stereocenters. The molecule has 2 aromatic rings. The fraction of sp³-hybridized carbons (Fsp3) is 0.476. The summed E-state index contributed by atoms with van der Waals surface area (Å²) in [7, 11) is 0. The summed E-state index contributed by atoms with van der Waals surface area (Å²) in [5.74, 6) is 0.741. The Hall–Kier alpha value is -2.49. The summed E-state index contributed by atoms with van der Waals surface area (Å²) in [5, 5.41) is 15.0. The van der Waals surface area contributed by atoms with Crippen molar-refractivity contribution in [3.8, 4) is 0 Å². The number of alkyl halides is 3. The molecule has 1 aromatic carbocycles. The fourth-order valence-electron chi connectivity index (χ4n) is 3.59. The second-order valence-corrected chi connectivity index (χ2v) is 8.32. The van der Waals surface area contributed by atoms with Gasteiger partial charge >= 0.3 is 6.18 Å². The van der Waals surface area contributed by atoms with Crippen LogP contribution < -0.4 is 10.6 Å². The molecule has 1 aliphatic carbocycles. The van der Waals surface area contributed by atoms with Gasteiger partial charge < -0.3 is 15.2 Å². The summed E-state index contributed by atoms with van der Waals surface area (Å²) in [6.45, 7) is 4.22. The molecule has 1 aliphatic rings. The zero-order chi connectivity index (χ0) is 22.3. The van der Waals surface area contributed by atoms with Crippen LogP contribution >= 0.6 is 11.8 Å². The number of anilines is 1. The van der Waals surface area contributed by atoms with Gasteiger partial charge in [0.05, 0.1) is 17.9 Å². The van der Waals surface area contributed by atoms with E-state index >= 15 is 0 Å². The van der Waals surface area contributed by atoms with Gasteiger partial charge in [-0.1, -0.05) is 43.2 Å². The first-order chi connectivity index (χ1) is 14.9. The maximum Gasteiger partial charge on any atom is 0.416 e. The van der Waals surface area contributed by atoms with Crippen molar-refractivity contribution in [2.75, 3.05) is 17.6 Å². The summed E-state index contributed by atoms with van der Waals surface area (Å²) < 4.78 is 41.0. The van der Waals surface area contributed by atoms with Crippen LogP contribution in [0.25, 0.3) is 0 Å². The van der Waals surface area contributed by atoms with E-state index in [9.17, 15) is 18.0 Å². The number of aromatic nitrogens is 3. The predicted molar refractivity (Wildman–Crippen MR) is 115 cm³/mol. The molecule has 0 bridgehead atoms. The number of thioether (sulfide) groups is 1. The Kier molecular flexibility index (Phi) is 8.00. The number of carbonyl (C=O) groups is 1. The zero-order valence-corrected chi connectivity index (χ0v) is 17.9. The van der Waals surface area contributed by atoms with Gasteiger partial charge in [0.15, 0.2) is 11.0 Å². The Morgan fingerprint density at radius 1 is 1.26 bits per heavy atom. The highest BCUT2D eigenvalue weighted by Crippen LogP contribution is 2.33. The highest BCUT2D eigenvalue weighted by Gasteiger charge is 2.30. The third-order valence-electron chi connectivity index (χ3n) is 5.09. The molecule has 2 N–H and O–H groups in total. The van der Waals surface area contributed by atoms with Crippen molar-refractivity contribution in [1.29, 1.82) is 0 Å². The van der Waals surface area contributed by atoms with Crippen molar-refractivity contribution in [3.05, 3.63) is 48.3 Å². The predicted octanol–water partition coefficient (Wildman–Crippen LogP) is 4.81. The van der Waals surface area contributed by atoms with E-state index in [-0.39, 0.29) is 24.2 Å². The van der Waals surface area contributed by atoms with Crippen molar-refractivity contribution in [2.45, 2.75) is 56.0 Å². The molecule has 168 valence electrons. The lowest BCUT2D eigenvalue weighted by molar-refractivity contribution is -0.137. The van der Waals surface area contributed by atoms with E-state index in [4.69, 9.17) is 0 Å². The molecule has 31 heavy (non-hydrogen) atoms. The van der Waals surface area contributed by atoms with E-state index in [1.165, 1.54) is 24.2 Å². The molecular weight excluding hydrogens is 427 g/mol. The summed E-state index contributed by atoms with van der Waals surface area (Å²) in [6.07, 6.45) is 2.60. The van der Waals surface area contributed by atoms with E-state index in [2.05, 4.69) is 27.4 Å².